The Morgan fingerprint density at radius 2 is 1.46 bits per heavy atom. The molecular weight excluding hydrogens is 484 g/mol. The van der Waals surface area contributed by atoms with Crippen LogP contribution in [0.25, 0.3) is 0 Å². The summed E-state index contributed by atoms with van der Waals surface area (Å²) in [6.45, 7) is 8.31. The van der Waals surface area contributed by atoms with Gasteiger partial charge in [0, 0.05) is 0 Å². The molecule has 0 unspecified atom stereocenters. The lowest BCUT2D eigenvalue weighted by atomic mass is 9.98. The van der Waals surface area contributed by atoms with E-state index in [4.69, 9.17) is 18.6 Å². The molecule has 4 rings (SSSR count). The average Bonchev–Trinajstić information content (AvgIpc) is 3.11. The number of methoxy groups -OCH3 is 1. The van der Waals surface area contributed by atoms with Crippen molar-refractivity contribution in [2.45, 2.75) is 57.1 Å². The Balaban J connectivity index is 1.63. The van der Waals surface area contributed by atoms with Crippen LogP contribution in [0.1, 0.15) is 33.3 Å². The van der Waals surface area contributed by atoms with E-state index < -0.39 is 32.1 Å². The summed E-state index contributed by atoms with van der Waals surface area (Å²) in [5.74, 6) is 0.0370. The third-order valence-corrected chi connectivity index (χ3v) is 12.0. The molecule has 0 amide bonds. The molecule has 0 aromatic heterocycles. The summed E-state index contributed by atoms with van der Waals surface area (Å²) in [7, 11) is -1.24. The Labute approximate surface area is 220 Å². The zero-order valence-electron chi connectivity index (χ0n) is 22.1. The van der Waals surface area contributed by atoms with Gasteiger partial charge in [-0.05, 0) is 40.0 Å². The number of rotatable bonds is 9. The van der Waals surface area contributed by atoms with E-state index in [0.717, 1.165) is 21.7 Å². The fraction of sp³-hybridized carbons (Fsp3) is 0.367. The van der Waals surface area contributed by atoms with E-state index in [1.807, 2.05) is 60.7 Å². The summed E-state index contributed by atoms with van der Waals surface area (Å²) in [4.78, 5) is 12.7. The zero-order chi connectivity index (χ0) is 26.7. The molecule has 1 heterocycles. The molecule has 6 nitrogen and oxygen atoms in total. The number of benzene rings is 3. The summed E-state index contributed by atoms with van der Waals surface area (Å²) in [6, 6.07) is 28.0. The second-order valence-corrected chi connectivity index (χ2v) is 15.0. The van der Waals surface area contributed by atoms with Crippen molar-refractivity contribution in [1.82, 2.24) is 0 Å². The number of ether oxygens (including phenoxy) is 3. The van der Waals surface area contributed by atoms with E-state index >= 15 is 0 Å². The monoisotopic (exact) mass is 520 g/mol. The van der Waals surface area contributed by atoms with E-state index in [9.17, 15) is 9.90 Å². The lowest BCUT2D eigenvalue weighted by Crippen LogP contribution is -2.67. The van der Waals surface area contributed by atoms with Gasteiger partial charge in [-0.15, -0.1) is 0 Å². The molecule has 0 bridgehead atoms. The van der Waals surface area contributed by atoms with Gasteiger partial charge in [-0.25, -0.2) is 4.79 Å². The standard InChI is InChI=1S/C30H36O6Si/c1-29(2,3)37(24-12-8-6-9-13-24,25-14-10-7-11-15-25)35-21-26-27(30(4,32)28(31)36-26)34-20-22-16-18-23(33-5)19-17-22/h6-19,26-27,32H,20-21H2,1-5H3/t26-,27-,30+/m1/s1. The van der Waals surface area contributed by atoms with Gasteiger partial charge in [-0.3, -0.25) is 0 Å². The summed E-state index contributed by atoms with van der Waals surface area (Å²) in [5, 5.41) is 13.0. The second-order valence-electron chi connectivity index (χ2n) is 10.6. The molecule has 0 aliphatic carbocycles. The lowest BCUT2D eigenvalue weighted by molar-refractivity contribution is -0.156. The van der Waals surface area contributed by atoms with Gasteiger partial charge in [0.05, 0.1) is 20.3 Å². The molecule has 37 heavy (non-hydrogen) atoms. The minimum absolute atomic E-state index is 0.0997. The molecule has 196 valence electrons. The smallest absolute Gasteiger partial charge is 0.341 e. The molecule has 1 aliphatic rings. The Bertz CT molecular complexity index is 1130. The highest BCUT2D eigenvalue weighted by Crippen LogP contribution is 2.38. The molecule has 3 atom stereocenters. The summed E-state index contributed by atoms with van der Waals surface area (Å²) in [6.07, 6.45) is -1.65. The van der Waals surface area contributed by atoms with E-state index in [1.54, 1.807) is 7.11 Å². The fourth-order valence-electron chi connectivity index (χ4n) is 5.06. The van der Waals surface area contributed by atoms with Crippen LogP contribution in [0.4, 0.5) is 0 Å². The van der Waals surface area contributed by atoms with Crippen LogP contribution in [0.15, 0.2) is 84.9 Å². The first kappa shape index (κ1) is 27.1. The van der Waals surface area contributed by atoms with Crippen molar-refractivity contribution < 1.29 is 28.5 Å². The second kappa shape index (κ2) is 10.8. The molecule has 1 saturated heterocycles. The topological polar surface area (TPSA) is 74.2 Å². The maximum atomic E-state index is 12.7. The Kier molecular flexibility index (Phi) is 7.90. The molecule has 0 saturated carbocycles. The molecule has 7 heteroatoms. The highest BCUT2D eigenvalue weighted by atomic mass is 28.4. The first-order valence-electron chi connectivity index (χ1n) is 12.5. The molecule has 1 N–H and O–H groups in total. The number of hydrogen-bond acceptors (Lipinski definition) is 6. The number of carbonyl (C=O) groups excluding carboxylic acids is 1. The van der Waals surface area contributed by atoms with Crippen molar-refractivity contribution >= 4 is 24.7 Å². The number of cyclic esters (lactones) is 1. The van der Waals surface area contributed by atoms with Crippen LogP contribution in [0.5, 0.6) is 5.75 Å². The minimum atomic E-state index is -2.85. The molecule has 1 fully saturated rings. The van der Waals surface area contributed by atoms with Crippen LogP contribution in [0, 0.1) is 0 Å². The highest BCUT2D eigenvalue weighted by molar-refractivity contribution is 6.99. The third kappa shape index (κ3) is 5.36. The largest absolute Gasteiger partial charge is 0.497 e. The van der Waals surface area contributed by atoms with Gasteiger partial charge in [-0.1, -0.05) is 93.6 Å². The van der Waals surface area contributed by atoms with E-state index in [-0.39, 0.29) is 18.3 Å². The summed E-state index contributed by atoms with van der Waals surface area (Å²) >= 11 is 0. The van der Waals surface area contributed by atoms with Crippen molar-refractivity contribution in [3.05, 3.63) is 90.5 Å². The third-order valence-electron chi connectivity index (χ3n) is 7.03. The van der Waals surface area contributed by atoms with Crippen LogP contribution in [0.3, 0.4) is 0 Å². The molecule has 3 aromatic carbocycles. The number of carbonyl (C=O) groups is 1. The SMILES string of the molecule is COc1ccc(CO[C@@H]2[C@@H](CO[Si](c3ccccc3)(c3ccccc3)C(C)(C)C)OC(=O)[C@@]2(C)O)cc1. The molecule has 0 spiro atoms. The Morgan fingerprint density at radius 3 is 1.95 bits per heavy atom. The van der Waals surface area contributed by atoms with Gasteiger partial charge in [0.2, 0.25) is 0 Å². The van der Waals surface area contributed by atoms with Crippen molar-refractivity contribution in [2.75, 3.05) is 13.7 Å². The molecular formula is C30H36O6Si. The number of esters is 1. The lowest BCUT2D eigenvalue weighted by Gasteiger charge is -2.43. The Morgan fingerprint density at radius 1 is 0.919 bits per heavy atom. The first-order valence-corrected chi connectivity index (χ1v) is 14.4. The van der Waals surface area contributed by atoms with Gasteiger partial charge in [0.15, 0.2) is 11.7 Å². The van der Waals surface area contributed by atoms with Crippen molar-refractivity contribution in [3.63, 3.8) is 0 Å². The molecule has 3 aromatic rings. The molecule has 1 aliphatic heterocycles. The van der Waals surface area contributed by atoms with Crippen molar-refractivity contribution in [3.8, 4) is 5.75 Å². The predicted molar refractivity (Wildman–Crippen MR) is 146 cm³/mol. The zero-order valence-corrected chi connectivity index (χ0v) is 23.1. The first-order chi connectivity index (χ1) is 17.6. The average molecular weight is 521 g/mol. The van der Waals surface area contributed by atoms with Crippen LogP contribution in [0.2, 0.25) is 5.04 Å². The van der Waals surface area contributed by atoms with E-state index in [2.05, 4.69) is 45.0 Å². The van der Waals surface area contributed by atoms with Crippen LogP contribution < -0.4 is 15.1 Å². The fourth-order valence-corrected chi connectivity index (χ4v) is 9.63. The van der Waals surface area contributed by atoms with Gasteiger partial charge in [-0.2, -0.15) is 0 Å². The summed E-state index contributed by atoms with van der Waals surface area (Å²) < 4.78 is 24.0. The van der Waals surface area contributed by atoms with E-state index in [1.165, 1.54) is 6.92 Å². The minimum Gasteiger partial charge on any atom is -0.497 e. The van der Waals surface area contributed by atoms with Crippen molar-refractivity contribution in [1.29, 1.82) is 0 Å². The van der Waals surface area contributed by atoms with Gasteiger partial charge in [0.1, 0.15) is 11.9 Å². The quantitative estimate of drug-likeness (QED) is 0.342. The van der Waals surface area contributed by atoms with Crippen LogP contribution in [-0.2, 0) is 25.3 Å². The van der Waals surface area contributed by atoms with Crippen LogP contribution in [-0.4, -0.2) is 50.9 Å². The maximum Gasteiger partial charge on any atom is 0.341 e. The highest BCUT2D eigenvalue weighted by Gasteiger charge is 2.56. The van der Waals surface area contributed by atoms with Gasteiger partial charge < -0.3 is 23.7 Å². The van der Waals surface area contributed by atoms with E-state index in [0.29, 0.717) is 0 Å². The predicted octanol–water partition coefficient (Wildman–Crippen LogP) is 3.83. The van der Waals surface area contributed by atoms with Gasteiger partial charge in [0.25, 0.3) is 8.32 Å². The van der Waals surface area contributed by atoms with Gasteiger partial charge >= 0.3 is 5.97 Å². The normalized spacial score (nSPS) is 22.1. The Hall–Kier alpha value is -2.97. The number of hydrogen-bond donors (Lipinski definition) is 1. The maximum absolute atomic E-state index is 12.7. The molecule has 0 radical (unpaired) electrons. The van der Waals surface area contributed by atoms with Crippen molar-refractivity contribution in [2.24, 2.45) is 0 Å². The number of aliphatic hydroxyl groups is 1. The summed E-state index contributed by atoms with van der Waals surface area (Å²) in [5.41, 5.74) is -0.894. The van der Waals surface area contributed by atoms with Crippen LogP contribution >= 0.6 is 0 Å².